The fourth-order valence-corrected chi connectivity index (χ4v) is 4.43. The summed E-state index contributed by atoms with van der Waals surface area (Å²) in [7, 11) is 5.05. The quantitative estimate of drug-likeness (QED) is 0.246. The van der Waals surface area contributed by atoms with Crippen LogP contribution in [0.2, 0.25) is 0 Å². The molecule has 0 unspecified atom stereocenters. The number of carbonyl (C=O) groups excluding carboxylic acids is 2. The SMILES string of the molecule is CCOC(=O)c1ccc(NC(=O)CSc2nc3c4cc(OC)ccc4n(C)c3c(=O)n2C)cc1. The highest BCUT2D eigenvalue weighted by Gasteiger charge is 2.18. The van der Waals surface area contributed by atoms with E-state index in [9.17, 15) is 14.4 Å². The normalized spacial score (nSPS) is 11.1. The molecule has 1 amide bonds. The minimum Gasteiger partial charge on any atom is -0.497 e. The van der Waals surface area contributed by atoms with E-state index < -0.39 is 5.97 Å². The van der Waals surface area contributed by atoms with Gasteiger partial charge in [-0.3, -0.25) is 14.2 Å². The number of amides is 1. The van der Waals surface area contributed by atoms with Gasteiger partial charge in [0.25, 0.3) is 5.56 Å². The van der Waals surface area contributed by atoms with Crippen molar-refractivity contribution in [3.05, 3.63) is 58.4 Å². The fourth-order valence-electron chi connectivity index (χ4n) is 3.67. The van der Waals surface area contributed by atoms with Crippen molar-refractivity contribution in [2.24, 2.45) is 14.1 Å². The number of aryl methyl sites for hydroxylation is 1. The van der Waals surface area contributed by atoms with Gasteiger partial charge in [0, 0.05) is 25.2 Å². The molecule has 0 aliphatic heterocycles. The minimum atomic E-state index is -0.413. The van der Waals surface area contributed by atoms with Gasteiger partial charge >= 0.3 is 5.97 Å². The summed E-state index contributed by atoms with van der Waals surface area (Å²) in [6.07, 6.45) is 0. The van der Waals surface area contributed by atoms with Gasteiger partial charge in [-0.1, -0.05) is 11.8 Å². The van der Waals surface area contributed by atoms with Gasteiger partial charge in [0.1, 0.15) is 16.8 Å². The predicted molar refractivity (Wildman–Crippen MR) is 132 cm³/mol. The van der Waals surface area contributed by atoms with Gasteiger partial charge in [0.2, 0.25) is 5.91 Å². The molecule has 10 heteroatoms. The lowest BCUT2D eigenvalue weighted by molar-refractivity contribution is -0.113. The first-order valence-corrected chi connectivity index (χ1v) is 11.6. The number of aromatic nitrogens is 3. The Balaban J connectivity index is 1.54. The van der Waals surface area contributed by atoms with Crippen LogP contribution in [0.4, 0.5) is 5.69 Å². The number of nitrogens with one attached hydrogen (secondary N) is 1. The van der Waals surface area contributed by atoms with Crippen molar-refractivity contribution < 1.29 is 19.1 Å². The van der Waals surface area contributed by atoms with Gasteiger partial charge in [-0.05, 0) is 49.4 Å². The van der Waals surface area contributed by atoms with Crippen LogP contribution in [0.25, 0.3) is 21.9 Å². The van der Waals surface area contributed by atoms with Gasteiger partial charge < -0.3 is 19.4 Å². The lowest BCUT2D eigenvalue weighted by atomic mass is 10.2. The van der Waals surface area contributed by atoms with E-state index in [1.54, 1.807) is 45.3 Å². The maximum Gasteiger partial charge on any atom is 0.338 e. The molecule has 2 aromatic heterocycles. The van der Waals surface area contributed by atoms with E-state index in [0.717, 1.165) is 10.9 Å². The molecule has 0 aliphatic rings. The van der Waals surface area contributed by atoms with Crippen LogP contribution in [0.3, 0.4) is 0 Å². The van der Waals surface area contributed by atoms with Crippen molar-refractivity contribution in [2.75, 3.05) is 24.8 Å². The molecule has 34 heavy (non-hydrogen) atoms. The molecular weight excluding hydrogens is 456 g/mol. The highest BCUT2D eigenvalue weighted by Crippen LogP contribution is 2.29. The Morgan fingerprint density at radius 2 is 1.82 bits per heavy atom. The van der Waals surface area contributed by atoms with Crippen LogP contribution in [0.15, 0.2) is 52.4 Å². The van der Waals surface area contributed by atoms with Gasteiger partial charge in [0.05, 0.1) is 30.5 Å². The molecule has 2 aromatic carbocycles. The first kappa shape index (κ1) is 23.4. The average molecular weight is 481 g/mol. The zero-order valence-corrected chi connectivity index (χ0v) is 20.1. The summed E-state index contributed by atoms with van der Waals surface area (Å²) in [5, 5.41) is 4.02. The number of rotatable bonds is 7. The fraction of sp³-hybridized carbons (Fsp3) is 0.250. The summed E-state index contributed by atoms with van der Waals surface area (Å²) in [5.41, 5.74) is 2.69. The second kappa shape index (κ2) is 9.60. The van der Waals surface area contributed by atoms with Gasteiger partial charge in [-0.15, -0.1) is 0 Å². The van der Waals surface area contributed by atoms with Gasteiger partial charge in [-0.25, -0.2) is 9.78 Å². The Bertz CT molecular complexity index is 1460. The Labute approximate surface area is 199 Å². The number of ether oxygens (including phenoxy) is 2. The van der Waals surface area contributed by atoms with E-state index in [0.29, 0.717) is 39.8 Å². The number of fused-ring (bicyclic) bond motifs is 3. The summed E-state index contributed by atoms with van der Waals surface area (Å²) < 4.78 is 13.6. The summed E-state index contributed by atoms with van der Waals surface area (Å²) >= 11 is 1.17. The molecule has 0 saturated heterocycles. The molecule has 2 heterocycles. The Morgan fingerprint density at radius 1 is 1.09 bits per heavy atom. The summed E-state index contributed by atoms with van der Waals surface area (Å²) in [6.45, 7) is 2.03. The molecule has 0 fully saturated rings. The van der Waals surface area contributed by atoms with E-state index in [-0.39, 0.29) is 17.2 Å². The number of esters is 1. The standard InChI is InChI=1S/C24H24N4O5S/c1-5-33-23(31)14-6-8-15(9-7-14)25-19(29)13-34-24-26-20-17-12-16(32-4)10-11-18(17)27(2)21(20)22(30)28(24)3/h6-12H,5,13H2,1-4H3,(H,25,29). The van der Waals surface area contributed by atoms with Crippen molar-refractivity contribution in [1.29, 1.82) is 0 Å². The zero-order valence-electron chi connectivity index (χ0n) is 19.2. The maximum absolute atomic E-state index is 13.1. The van der Waals surface area contributed by atoms with Crippen LogP contribution < -0.4 is 15.6 Å². The number of thioether (sulfide) groups is 1. The third kappa shape index (κ3) is 4.36. The van der Waals surface area contributed by atoms with E-state index in [4.69, 9.17) is 14.5 Å². The average Bonchev–Trinajstić information content (AvgIpc) is 3.12. The largest absolute Gasteiger partial charge is 0.497 e. The molecule has 9 nitrogen and oxygen atoms in total. The molecule has 176 valence electrons. The van der Waals surface area contributed by atoms with Gasteiger partial charge in [-0.2, -0.15) is 0 Å². The highest BCUT2D eigenvalue weighted by molar-refractivity contribution is 7.99. The summed E-state index contributed by atoms with van der Waals surface area (Å²) in [4.78, 5) is 42.0. The molecule has 0 saturated carbocycles. The first-order valence-electron chi connectivity index (χ1n) is 10.6. The molecule has 0 atom stereocenters. The molecule has 0 radical (unpaired) electrons. The second-order valence-electron chi connectivity index (χ2n) is 7.53. The summed E-state index contributed by atoms with van der Waals surface area (Å²) in [6, 6.07) is 12.0. The third-order valence-corrected chi connectivity index (χ3v) is 6.42. The molecule has 4 aromatic rings. The molecule has 1 N–H and O–H groups in total. The number of carbonyl (C=O) groups is 2. The molecule has 4 rings (SSSR count). The van der Waals surface area contributed by atoms with E-state index >= 15 is 0 Å². The topological polar surface area (TPSA) is 104 Å². The highest BCUT2D eigenvalue weighted by atomic mass is 32.2. The van der Waals surface area contributed by atoms with Crippen LogP contribution in [-0.2, 0) is 23.6 Å². The third-order valence-electron chi connectivity index (χ3n) is 5.39. The van der Waals surface area contributed by atoms with Crippen LogP contribution in [0, 0.1) is 0 Å². The Morgan fingerprint density at radius 3 is 2.50 bits per heavy atom. The molecule has 0 aliphatic carbocycles. The number of benzene rings is 2. The van der Waals surface area contributed by atoms with Crippen molar-refractivity contribution in [3.63, 3.8) is 0 Å². The molecule has 0 bridgehead atoms. The van der Waals surface area contributed by atoms with E-state index in [1.165, 1.54) is 16.3 Å². The Kier molecular flexibility index (Phi) is 6.60. The maximum atomic E-state index is 13.1. The minimum absolute atomic E-state index is 0.0551. The number of anilines is 1. The lowest BCUT2D eigenvalue weighted by Crippen LogP contribution is -2.22. The Hall–Kier alpha value is -3.79. The first-order chi connectivity index (χ1) is 16.3. The van der Waals surface area contributed by atoms with Gasteiger partial charge in [0.15, 0.2) is 5.16 Å². The lowest BCUT2D eigenvalue weighted by Gasteiger charge is -2.09. The monoisotopic (exact) mass is 480 g/mol. The second-order valence-corrected chi connectivity index (χ2v) is 8.48. The van der Waals surface area contributed by atoms with Crippen molar-refractivity contribution in [2.45, 2.75) is 12.1 Å². The summed E-state index contributed by atoms with van der Waals surface area (Å²) in [5.74, 6) is 0.0525. The molecule has 0 spiro atoms. The predicted octanol–water partition coefficient (Wildman–Crippen LogP) is 3.34. The number of methoxy groups -OCH3 is 1. The van der Waals surface area contributed by atoms with Crippen molar-refractivity contribution >= 4 is 51.3 Å². The van der Waals surface area contributed by atoms with Crippen LogP contribution >= 0.6 is 11.8 Å². The molecular formula is C24H24N4O5S. The number of nitrogens with zero attached hydrogens (tertiary/aromatic N) is 3. The van der Waals surface area contributed by atoms with Crippen LogP contribution in [0.1, 0.15) is 17.3 Å². The van der Waals surface area contributed by atoms with Crippen molar-refractivity contribution in [3.8, 4) is 5.75 Å². The number of hydrogen-bond donors (Lipinski definition) is 1. The smallest absolute Gasteiger partial charge is 0.338 e. The number of hydrogen-bond acceptors (Lipinski definition) is 7. The van der Waals surface area contributed by atoms with E-state index in [2.05, 4.69) is 5.32 Å². The van der Waals surface area contributed by atoms with Crippen LogP contribution in [0.5, 0.6) is 5.75 Å². The van der Waals surface area contributed by atoms with Crippen molar-refractivity contribution in [1.82, 2.24) is 14.1 Å². The zero-order chi connectivity index (χ0) is 24.4. The van der Waals surface area contributed by atoms with Crippen LogP contribution in [-0.4, -0.2) is 45.5 Å². The van der Waals surface area contributed by atoms with E-state index in [1.807, 2.05) is 29.8 Å².